The monoisotopic (exact) mass is 494 g/mol. The smallest absolute Gasteiger partial charge is 0.181 e. The van der Waals surface area contributed by atoms with Gasteiger partial charge in [0.05, 0.1) is 17.1 Å². The normalized spacial score (nSPS) is 14.4. The molecule has 0 radical (unpaired) electrons. The van der Waals surface area contributed by atoms with Crippen LogP contribution in [0.3, 0.4) is 0 Å². The van der Waals surface area contributed by atoms with Crippen LogP contribution in [0.2, 0.25) is 0 Å². The van der Waals surface area contributed by atoms with Crippen LogP contribution in [-0.2, 0) is 0 Å². The van der Waals surface area contributed by atoms with Gasteiger partial charge in [-0.1, -0.05) is 18.2 Å². The fourth-order valence-electron chi connectivity index (χ4n) is 4.65. The maximum absolute atomic E-state index is 14.6. The highest BCUT2D eigenvalue weighted by atomic mass is 19.1. The molecule has 0 bridgehead atoms. The molecule has 0 aliphatic carbocycles. The van der Waals surface area contributed by atoms with Crippen molar-refractivity contribution in [1.82, 2.24) is 25.1 Å². The van der Waals surface area contributed by atoms with Crippen LogP contribution in [0.5, 0.6) is 0 Å². The lowest BCUT2D eigenvalue weighted by molar-refractivity contribution is 0.425. The molecule has 37 heavy (non-hydrogen) atoms. The summed E-state index contributed by atoms with van der Waals surface area (Å²) in [5, 5.41) is 18.9. The van der Waals surface area contributed by atoms with Crippen molar-refractivity contribution in [3.63, 3.8) is 0 Å². The molecule has 6 rings (SSSR count). The van der Waals surface area contributed by atoms with E-state index in [0.717, 1.165) is 63.5 Å². The van der Waals surface area contributed by atoms with E-state index in [1.807, 2.05) is 56.7 Å². The zero-order chi connectivity index (χ0) is 25.4. The number of aromatic amines is 1. The molecule has 3 aromatic heterocycles. The first kappa shape index (κ1) is 22.9. The molecule has 0 saturated carbocycles. The first-order chi connectivity index (χ1) is 18.0. The molecule has 4 heterocycles. The molecule has 0 saturated heterocycles. The zero-order valence-corrected chi connectivity index (χ0v) is 20.6. The standard InChI is InChI=1S/C28H27FN8/c1-37(2)10-9-31-21-12-18(11-20(29)14-21)22-6-3-7-24-25(22)34-28(33-24)26-23-13-19(16-32-27(23)36-35-26)17-5-4-8-30-15-17/h3-8,11-16,28,31,33-34H,9-10H2,1-2H3,(H,32,35,36). The maximum atomic E-state index is 14.6. The minimum absolute atomic E-state index is 0.252. The number of aromatic nitrogens is 4. The molecule has 186 valence electrons. The van der Waals surface area contributed by atoms with Crippen molar-refractivity contribution in [2.45, 2.75) is 6.17 Å². The van der Waals surface area contributed by atoms with E-state index in [0.29, 0.717) is 5.65 Å². The largest absolute Gasteiger partial charge is 0.384 e. The Bertz CT molecular complexity index is 1560. The second-order valence-electron chi connectivity index (χ2n) is 9.38. The maximum Gasteiger partial charge on any atom is 0.181 e. The summed E-state index contributed by atoms with van der Waals surface area (Å²) in [4.78, 5) is 10.8. The van der Waals surface area contributed by atoms with Crippen LogP contribution in [0.1, 0.15) is 11.9 Å². The molecule has 0 amide bonds. The molecule has 0 spiro atoms. The number of rotatable bonds is 7. The van der Waals surface area contributed by atoms with Crippen molar-refractivity contribution in [3.05, 3.63) is 84.7 Å². The predicted molar refractivity (Wildman–Crippen MR) is 146 cm³/mol. The van der Waals surface area contributed by atoms with Gasteiger partial charge in [0, 0.05) is 59.4 Å². The fourth-order valence-corrected chi connectivity index (χ4v) is 4.65. The summed E-state index contributed by atoms with van der Waals surface area (Å²) in [7, 11) is 4.03. The van der Waals surface area contributed by atoms with E-state index in [2.05, 4.69) is 47.1 Å². The van der Waals surface area contributed by atoms with E-state index in [-0.39, 0.29) is 12.0 Å². The molecule has 5 aromatic rings. The van der Waals surface area contributed by atoms with Crippen LogP contribution in [0, 0.1) is 5.82 Å². The molecule has 0 fully saturated rings. The number of anilines is 3. The van der Waals surface area contributed by atoms with E-state index in [1.165, 1.54) is 6.07 Å². The lowest BCUT2D eigenvalue weighted by Crippen LogP contribution is -2.20. The molecule has 1 aliphatic heterocycles. The number of para-hydroxylation sites is 1. The highest BCUT2D eigenvalue weighted by Crippen LogP contribution is 2.43. The van der Waals surface area contributed by atoms with Gasteiger partial charge in [0.2, 0.25) is 0 Å². The summed E-state index contributed by atoms with van der Waals surface area (Å²) in [6.07, 6.45) is 5.12. The number of halogens is 1. The third-order valence-corrected chi connectivity index (χ3v) is 6.47. The first-order valence-electron chi connectivity index (χ1n) is 12.2. The molecule has 4 N–H and O–H groups in total. The minimum atomic E-state index is -0.279. The van der Waals surface area contributed by atoms with Crippen LogP contribution in [0.4, 0.5) is 21.5 Å². The number of hydrogen-bond donors (Lipinski definition) is 4. The van der Waals surface area contributed by atoms with Gasteiger partial charge in [-0.3, -0.25) is 10.1 Å². The van der Waals surface area contributed by atoms with Gasteiger partial charge in [-0.2, -0.15) is 5.10 Å². The summed E-state index contributed by atoms with van der Waals surface area (Å²) < 4.78 is 14.6. The second-order valence-corrected chi connectivity index (χ2v) is 9.38. The van der Waals surface area contributed by atoms with Gasteiger partial charge >= 0.3 is 0 Å². The molecule has 1 atom stereocenters. The lowest BCUT2D eigenvalue weighted by Gasteiger charge is -2.14. The summed E-state index contributed by atoms with van der Waals surface area (Å²) in [5.74, 6) is -0.279. The summed E-state index contributed by atoms with van der Waals surface area (Å²) in [6.45, 7) is 1.59. The van der Waals surface area contributed by atoms with Gasteiger partial charge in [-0.15, -0.1) is 0 Å². The zero-order valence-electron chi connectivity index (χ0n) is 20.6. The van der Waals surface area contributed by atoms with E-state index in [1.54, 1.807) is 18.5 Å². The number of H-pyrrole nitrogens is 1. The Balaban J connectivity index is 1.31. The van der Waals surface area contributed by atoms with Crippen LogP contribution < -0.4 is 16.0 Å². The summed E-state index contributed by atoms with van der Waals surface area (Å²) in [5.41, 5.74) is 7.79. The molecule has 2 aromatic carbocycles. The Morgan fingerprint density at radius 3 is 2.73 bits per heavy atom. The van der Waals surface area contributed by atoms with Crippen molar-refractivity contribution in [2.75, 3.05) is 43.1 Å². The average Bonchev–Trinajstić information content (AvgIpc) is 3.52. The number of fused-ring (bicyclic) bond motifs is 2. The Morgan fingerprint density at radius 1 is 0.973 bits per heavy atom. The number of pyridine rings is 2. The Hall–Kier alpha value is -4.50. The highest BCUT2D eigenvalue weighted by molar-refractivity contribution is 5.92. The predicted octanol–water partition coefficient (Wildman–Crippen LogP) is 5.34. The van der Waals surface area contributed by atoms with Crippen LogP contribution in [0.15, 0.2) is 73.2 Å². The Morgan fingerprint density at radius 2 is 1.89 bits per heavy atom. The number of nitrogens with one attached hydrogen (secondary N) is 4. The number of hydrogen-bond acceptors (Lipinski definition) is 7. The van der Waals surface area contributed by atoms with Gasteiger partial charge in [0.25, 0.3) is 0 Å². The molecule has 8 nitrogen and oxygen atoms in total. The van der Waals surface area contributed by atoms with E-state index < -0.39 is 0 Å². The van der Waals surface area contributed by atoms with Crippen molar-refractivity contribution in [3.8, 4) is 22.3 Å². The molecule has 1 unspecified atom stereocenters. The SMILES string of the molecule is CN(C)CCNc1cc(F)cc(-c2cccc3c2NC(c2[nH]nc4ncc(-c5cccnc5)cc24)N3)c1. The van der Waals surface area contributed by atoms with Crippen molar-refractivity contribution >= 4 is 28.1 Å². The lowest BCUT2D eigenvalue weighted by atomic mass is 10.0. The summed E-state index contributed by atoms with van der Waals surface area (Å²) in [6, 6.07) is 17.1. The van der Waals surface area contributed by atoms with Gasteiger partial charge in [0.1, 0.15) is 12.0 Å². The topological polar surface area (TPSA) is 93.8 Å². The Kier molecular flexibility index (Phi) is 5.90. The average molecular weight is 495 g/mol. The van der Waals surface area contributed by atoms with Crippen molar-refractivity contribution in [1.29, 1.82) is 0 Å². The first-order valence-corrected chi connectivity index (χ1v) is 12.2. The van der Waals surface area contributed by atoms with Crippen LogP contribution >= 0.6 is 0 Å². The minimum Gasteiger partial charge on any atom is -0.384 e. The van der Waals surface area contributed by atoms with E-state index in [9.17, 15) is 4.39 Å². The number of nitrogens with zero attached hydrogens (tertiary/aromatic N) is 4. The Labute approximate surface area is 214 Å². The molecular weight excluding hydrogens is 467 g/mol. The van der Waals surface area contributed by atoms with Crippen molar-refractivity contribution < 1.29 is 4.39 Å². The van der Waals surface area contributed by atoms with Gasteiger partial charge in [0.15, 0.2) is 5.65 Å². The van der Waals surface area contributed by atoms with Gasteiger partial charge in [-0.05, 0) is 56.1 Å². The number of likely N-dealkylation sites (N-methyl/N-ethyl adjacent to an activating group) is 1. The third kappa shape index (κ3) is 4.56. The molecule has 1 aliphatic rings. The summed E-state index contributed by atoms with van der Waals surface area (Å²) >= 11 is 0. The fraction of sp³-hybridized carbons (Fsp3) is 0.179. The van der Waals surface area contributed by atoms with Crippen LogP contribution in [0.25, 0.3) is 33.3 Å². The third-order valence-electron chi connectivity index (χ3n) is 6.47. The number of benzene rings is 2. The van der Waals surface area contributed by atoms with Crippen molar-refractivity contribution in [2.24, 2.45) is 0 Å². The quantitative estimate of drug-likeness (QED) is 0.243. The highest BCUT2D eigenvalue weighted by Gasteiger charge is 2.27. The molecule has 9 heteroatoms. The van der Waals surface area contributed by atoms with Crippen LogP contribution in [-0.4, -0.2) is 52.3 Å². The second kappa shape index (κ2) is 9.51. The van der Waals surface area contributed by atoms with E-state index >= 15 is 0 Å². The van der Waals surface area contributed by atoms with E-state index in [4.69, 9.17) is 0 Å². The molecular formula is C28H27FN8. The van der Waals surface area contributed by atoms with Gasteiger partial charge in [-0.25, -0.2) is 9.37 Å². The van der Waals surface area contributed by atoms with Gasteiger partial charge < -0.3 is 20.9 Å².